The van der Waals surface area contributed by atoms with Crippen LogP contribution >= 0.6 is 0 Å². The Balaban J connectivity index is 2.28. The maximum Gasteiger partial charge on any atom is 0.330 e. The molecule has 0 aliphatic carbocycles. The molecule has 1 aromatic carbocycles. The summed E-state index contributed by atoms with van der Waals surface area (Å²) in [6, 6.07) is 8.00. The van der Waals surface area contributed by atoms with Gasteiger partial charge in [-0.05, 0) is 23.1 Å². The van der Waals surface area contributed by atoms with Crippen molar-refractivity contribution in [2.24, 2.45) is 0 Å². The lowest BCUT2D eigenvalue weighted by molar-refractivity contribution is 0.360. The third-order valence-corrected chi connectivity index (χ3v) is 2.70. The number of hydrogen-bond donors (Lipinski definition) is 1. The quantitative estimate of drug-likeness (QED) is 0.926. The van der Waals surface area contributed by atoms with Crippen LogP contribution < -0.4 is 15.2 Å². The Kier molecular flexibility index (Phi) is 3.74. The highest BCUT2D eigenvalue weighted by Gasteiger charge is 2.15. The summed E-state index contributed by atoms with van der Waals surface area (Å²) in [5.41, 5.74) is 6.76. The number of nitrogen functional groups attached to an aromatic ring is 1. The van der Waals surface area contributed by atoms with Gasteiger partial charge in [0.2, 0.25) is 5.95 Å². The second-order valence-electron chi connectivity index (χ2n) is 5.34. The van der Waals surface area contributed by atoms with E-state index in [2.05, 4.69) is 41.8 Å². The zero-order valence-corrected chi connectivity index (χ0v) is 12.0. The van der Waals surface area contributed by atoms with Crippen LogP contribution in [-0.4, -0.2) is 22.1 Å². The average molecular weight is 274 g/mol. The molecule has 0 spiro atoms. The lowest BCUT2D eigenvalue weighted by Crippen LogP contribution is -2.10. The lowest BCUT2D eigenvalue weighted by atomic mass is 9.87. The number of methoxy groups -OCH3 is 1. The number of hydrogen-bond acceptors (Lipinski definition) is 6. The Hall–Kier alpha value is -2.37. The Morgan fingerprint density at radius 3 is 2.40 bits per heavy atom. The van der Waals surface area contributed by atoms with Crippen LogP contribution in [0, 0.1) is 0 Å². The lowest BCUT2D eigenvalue weighted by Gasteiger charge is -2.19. The van der Waals surface area contributed by atoms with Gasteiger partial charge in [-0.2, -0.15) is 9.97 Å². The van der Waals surface area contributed by atoms with Gasteiger partial charge in [-0.3, -0.25) is 0 Å². The molecule has 0 unspecified atom stereocenters. The fraction of sp³-hybridized carbons (Fsp3) is 0.357. The summed E-state index contributed by atoms with van der Waals surface area (Å²) in [5, 5.41) is 0. The molecule has 1 heterocycles. The molecule has 6 nitrogen and oxygen atoms in total. The molecular formula is C14H18N4O2. The van der Waals surface area contributed by atoms with E-state index >= 15 is 0 Å². The van der Waals surface area contributed by atoms with Gasteiger partial charge in [-0.1, -0.05) is 32.9 Å². The van der Waals surface area contributed by atoms with Crippen molar-refractivity contribution >= 4 is 5.95 Å². The van der Waals surface area contributed by atoms with Crippen LogP contribution in [0.3, 0.4) is 0 Å². The summed E-state index contributed by atoms with van der Waals surface area (Å²) in [7, 11) is 1.46. The zero-order valence-electron chi connectivity index (χ0n) is 12.0. The second-order valence-corrected chi connectivity index (χ2v) is 5.34. The monoisotopic (exact) mass is 274 g/mol. The van der Waals surface area contributed by atoms with Crippen molar-refractivity contribution in [2.75, 3.05) is 12.8 Å². The summed E-state index contributed by atoms with van der Waals surface area (Å²) in [6.45, 7) is 6.40. The van der Waals surface area contributed by atoms with Crippen molar-refractivity contribution in [2.45, 2.75) is 26.2 Å². The fourth-order valence-electron chi connectivity index (χ4n) is 1.62. The van der Waals surface area contributed by atoms with Gasteiger partial charge < -0.3 is 15.2 Å². The Labute approximate surface area is 118 Å². The number of anilines is 1. The molecule has 2 N–H and O–H groups in total. The first-order valence-electron chi connectivity index (χ1n) is 6.22. The summed E-state index contributed by atoms with van der Waals surface area (Å²) >= 11 is 0. The van der Waals surface area contributed by atoms with Gasteiger partial charge in [0.15, 0.2) is 0 Å². The molecule has 2 rings (SSSR count). The van der Waals surface area contributed by atoms with Crippen LogP contribution in [-0.2, 0) is 5.41 Å². The molecule has 2 aromatic rings. The number of aromatic nitrogens is 3. The molecule has 0 atom stereocenters. The molecule has 0 bridgehead atoms. The average Bonchev–Trinajstić information content (AvgIpc) is 2.37. The van der Waals surface area contributed by atoms with Gasteiger partial charge in [-0.25, -0.2) is 0 Å². The number of rotatable bonds is 3. The van der Waals surface area contributed by atoms with Crippen LogP contribution in [0.5, 0.6) is 17.8 Å². The largest absolute Gasteiger partial charge is 0.467 e. The summed E-state index contributed by atoms with van der Waals surface area (Å²) in [4.78, 5) is 11.7. The van der Waals surface area contributed by atoms with E-state index in [4.69, 9.17) is 15.2 Å². The predicted molar refractivity (Wildman–Crippen MR) is 76.0 cm³/mol. The standard InChI is InChI=1S/C14H18N4O2/c1-14(2,3)9-6-5-7-10(8-9)20-13-17-11(15)16-12(18-13)19-4/h5-8H,1-4H3,(H2,15,16,17,18). The van der Waals surface area contributed by atoms with Crippen LogP contribution in [0.4, 0.5) is 5.95 Å². The Morgan fingerprint density at radius 1 is 1.05 bits per heavy atom. The normalized spacial score (nSPS) is 11.2. The van der Waals surface area contributed by atoms with Gasteiger partial charge >= 0.3 is 12.0 Å². The molecule has 20 heavy (non-hydrogen) atoms. The molecule has 106 valence electrons. The first kappa shape index (κ1) is 14.0. The Morgan fingerprint density at radius 2 is 1.75 bits per heavy atom. The van der Waals surface area contributed by atoms with E-state index in [1.807, 2.05) is 18.2 Å². The molecule has 0 saturated heterocycles. The molecule has 6 heteroatoms. The fourth-order valence-corrected chi connectivity index (χ4v) is 1.62. The third kappa shape index (κ3) is 3.34. The van der Waals surface area contributed by atoms with Crippen molar-refractivity contribution in [3.05, 3.63) is 29.8 Å². The number of ether oxygens (including phenoxy) is 2. The molecule has 0 radical (unpaired) electrons. The van der Waals surface area contributed by atoms with Crippen molar-refractivity contribution in [3.63, 3.8) is 0 Å². The van der Waals surface area contributed by atoms with Crippen LogP contribution in [0.25, 0.3) is 0 Å². The number of nitrogens with two attached hydrogens (primary N) is 1. The minimum absolute atomic E-state index is 0.0369. The van der Waals surface area contributed by atoms with E-state index in [9.17, 15) is 0 Å². The SMILES string of the molecule is COc1nc(N)nc(Oc2cccc(C(C)(C)C)c2)n1. The molecule has 1 aromatic heterocycles. The van der Waals surface area contributed by atoms with E-state index in [0.717, 1.165) is 5.56 Å². The maximum atomic E-state index is 5.62. The van der Waals surface area contributed by atoms with Gasteiger partial charge in [-0.15, -0.1) is 4.98 Å². The number of benzene rings is 1. The molecule has 0 aliphatic rings. The minimum atomic E-state index is 0.0369. The van der Waals surface area contributed by atoms with Crippen LogP contribution in [0.2, 0.25) is 0 Å². The summed E-state index contributed by atoms with van der Waals surface area (Å²) in [6.07, 6.45) is 0. The van der Waals surface area contributed by atoms with E-state index in [-0.39, 0.29) is 23.4 Å². The first-order chi connectivity index (χ1) is 9.38. The Bertz CT molecular complexity index is 608. The van der Waals surface area contributed by atoms with E-state index in [1.165, 1.54) is 7.11 Å². The summed E-state index contributed by atoms with van der Waals surface area (Å²) in [5.74, 6) is 0.698. The van der Waals surface area contributed by atoms with Crippen molar-refractivity contribution < 1.29 is 9.47 Å². The van der Waals surface area contributed by atoms with Crippen molar-refractivity contribution in [1.82, 2.24) is 15.0 Å². The second kappa shape index (κ2) is 5.32. The highest BCUT2D eigenvalue weighted by Crippen LogP contribution is 2.27. The topological polar surface area (TPSA) is 83.2 Å². The van der Waals surface area contributed by atoms with Crippen LogP contribution in [0.1, 0.15) is 26.3 Å². The van der Waals surface area contributed by atoms with Crippen molar-refractivity contribution in [1.29, 1.82) is 0 Å². The van der Waals surface area contributed by atoms with E-state index in [0.29, 0.717) is 5.75 Å². The highest BCUT2D eigenvalue weighted by molar-refractivity contribution is 5.34. The van der Waals surface area contributed by atoms with Crippen molar-refractivity contribution in [3.8, 4) is 17.8 Å². The van der Waals surface area contributed by atoms with Gasteiger partial charge in [0, 0.05) is 0 Å². The van der Waals surface area contributed by atoms with E-state index < -0.39 is 0 Å². The minimum Gasteiger partial charge on any atom is -0.467 e. The number of nitrogens with zero attached hydrogens (tertiary/aromatic N) is 3. The molecule has 0 fully saturated rings. The third-order valence-electron chi connectivity index (χ3n) is 2.70. The summed E-state index contributed by atoms with van der Waals surface area (Å²) < 4.78 is 10.5. The van der Waals surface area contributed by atoms with Gasteiger partial charge in [0.1, 0.15) is 5.75 Å². The first-order valence-corrected chi connectivity index (χ1v) is 6.22. The maximum absolute atomic E-state index is 5.62. The molecule has 0 amide bonds. The molecule has 0 saturated carbocycles. The van der Waals surface area contributed by atoms with E-state index in [1.54, 1.807) is 0 Å². The zero-order chi connectivity index (χ0) is 14.8. The smallest absolute Gasteiger partial charge is 0.330 e. The van der Waals surface area contributed by atoms with Gasteiger partial charge in [0.25, 0.3) is 0 Å². The predicted octanol–water partition coefficient (Wildman–Crippen LogP) is 2.55. The highest BCUT2D eigenvalue weighted by atomic mass is 16.5. The van der Waals surface area contributed by atoms with Crippen LogP contribution in [0.15, 0.2) is 24.3 Å². The molecular weight excluding hydrogens is 256 g/mol. The van der Waals surface area contributed by atoms with Gasteiger partial charge in [0.05, 0.1) is 7.11 Å². The molecule has 0 aliphatic heterocycles.